The first-order valence-corrected chi connectivity index (χ1v) is 6.86. The maximum Gasteiger partial charge on any atom is 0.105 e. The minimum Gasteiger partial charge on any atom is -0.303 e. The molecule has 0 bridgehead atoms. The molecule has 1 aliphatic heterocycles. The molecule has 0 aromatic carbocycles. The van der Waals surface area contributed by atoms with Gasteiger partial charge in [-0.1, -0.05) is 6.92 Å². The lowest BCUT2D eigenvalue weighted by Gasteiger charge is -2.34. The van der Waals surface area contributed by atoms with E-state index in [1.54, 1.807) is 0 Å². The number of likely N-dealkylation sites (tertiary alicyclic amines) is 1. The SMILES string of the molecule is CC1CCCN(CCC(C)(C#N)NC(C)C)C1. The molecule has 98 valence electrons. The number of nitrogens with one attached hydrogen (secondary N) is 1. The summed E-state index contributed by atoms with van der Waals surface area (Å²) in [5, 5.41) is 12.7. The molecule has 0 saturated carbocycles. The third kappa shape index (κ3) is 5.06. The zero-order chi connectivity index (χ0) is 12.9. The van der Waals surface area contributed by atoms with E-state index < -0.39 is 0 Å². The summed E-state index contributed by atoms with van der Waals surface area (Å²) in [7, 11) is 0. The van der Waals surface area contributed by atoms with Crippen LogP contribution in [0.5, 0.6) is 0 Å². The van der Waals surface area contributed by atoms with Gasteiger partial charge in [0.25, 0.3) is 0 Å². The largest absolute Gasteiger partial charge is 0.303 e. The molecular weight excluding hydrogens is 210 g/mol. The van der Waals surface area contributed by atoms with Gasteiger partial charge in [0.2, 0.25) is 0 Å². The van der Waals surface area contributed by atoms with Crippen LogP contribution < -0.4 is 5.32 Å². The highest BCUT2D eigenvalue weighted by atomic mass is 15.1. The molecule has 1 rings (SSSR count). The number of hydrogen-bond donors (Lipinski definition) is 1. The van der Waals surface area contributed by atoms with Crippen LogP contribution in [0.4, 0.5) is 0 Å². The number of piperidine rings is 1. The highest BCUT2D eigenvalue weighted by Gasteiger charge is 2.26. The summed E-state index contributed by atoms with van der Waals surface area (Å²) in [6, 6.07) is 2.78. The van der Waals surface area contributed by atoms with Crippen molar-refractivity contribution in [3.05, 3.63) is 0 Å². The van der Waals surface area contributed by atoms with Crippen LogP contribution in [0.25, 0.3) is 0 Å². The Morgan fingerprint density at radius 3 is 2.76 bits per heavy atom. The molecule has 0 spiro atoms. The minimum absolute atomic E-state index is 0.361. The average molecular weight is 237 g/mol. The van der Waals surface area contributed by atoms with Crippen molar-refractivity contribution in [2.45, 2.75) is 58.5 Å². The molecular formula is C14H27N3. The molecule has 0 aromatic heterocycles. The van der Waals surface area contributed by atoms with E-state index in [0.29, 0.717) is 6.04 Å². The van der Waals surface area contributed by atoms with Gasteiger partial charge in [0.15, 0.2) is 0 Å². The van der Waals surface area contributed by atoms with E-state index in [0.717, 1.165) is 18.9 Å². The number of nitriles is 1. The molecule has 1 aliphatic rings. The summed E-state index contributed by atoms with van der Waals surface area (Å²) < 4.78 is 0. The molecule has 1 saturated heterocycles. The molecule has 2 atom stereocenters. The fraction of sp³-hybridized carbons (Fsp3) is 0.929. The Kier molecular flexibility index (Phi) is 5.42. The summed E-state index contributed by atoms with van der Waals surface area (Å²) >= 11 is 0. The first-order chi connectivity index (χ1) is 7.95. The molecule has 0 amide bonds. The molecule has 0 aromatic rings. The second-order valence-corrected chi connectivity index (χ2v) is 6.04. The molecule has 0 aliphatic carbocycles. The van der Waals surface area contributed by atoms with E-state index in [1.807, 2.05) is 6.92 Å². The van der Waals surface area contributed by atoms with Gasteiger partial charge in [-0.05, 0) is 52.5 Å². The van der Waals surface area contributed by atoms with Gasteiger partial charge < -0.3 is 4.90 Å². The molecule has 1 N–H and O–H groups in total. The lowest BCUT2D eigenvalue weighted by molar-refractivity contribution is 0.169. The van der Waals surface area contributed by atoms with Crippen molar-refractivity contribution < 1.29 is 0 Å². The van der Waals surface area contributed by atoms with Gasteiger partial charge in [-0.2, -0.15) is 5.26 Å². The summed E-state index contributed by atoms with van der Waals surface area (Å²) in [6.07, 6.45) is 3.58. The predicted molar refractivity (Wildman–Crippen MR) is 71.7 cm³/mol. The third-order valence-electron chi connectivity index (χ3n) is 3.52. The Hall–Kier alpha value is -0.590. The van der Waals surface area contributed by atoms with Crippen LogP contribution in [0.2, 0.25) is 0 Å². The lowest BCUT2D eigenvalue weighted by atomic mass is 9.96. The van der Waals surface area contributed by atoms with Gasteiger partial charge in [-0.3, -0.25) is 5.32 Å². The Labute approximate surface area is 106 Å². The molecule has 3 heteroatoms. The first kappa shape index (κ1) is 14.5. The summed E-state index contributed by atoms with van der Waals surface area (Å²) in [5.74, 6) is 0.815. The van der Waals surface area contributed by atoms with Gasteiger partial charge in [0.1, 0.15) is 5.54 Å². The zero-order valence-electron chi connectivity index (χ0n) is 11.8. The third-order valence-corrected chi connectivity index (χ3v) is 3.52. The average Bonchev–Trinajstić information content (AvgIpc) is 2.26. The molecule has 3 nitrogen and oxygen atoms in total. The molecule has 2 unspecified atom stereocenters. The van der Waals surface area contributed by atoms with Crippen LogP contribution in [-0.2, 0) is 0 Å². The van der Waals surface area contributed by atoms with Crippen molar-refractivity contribution >= 4 is 0 Å². The normalized spacial score (nSPS) is 25.5. The topological polar surface area (TPSA) is 39.1 Å². The fourth-order valence-corrected chi connectivity index (χ4v) is 2.67. The number of hydrogen-bond acceptors (Lipinski definition) is 3. The zero-order valence-corrected chi connectivity index (χ0v) is 11.8. The first-order valence-electron chi connectivity index (χ1n) is 6.86. The highest BCUT2D eigenvalue weighted by molar-refractivity contribution is 5.04. The van der Waals surface area contributed by atoms with Crippen molar-refractivity contribution in [2.24, 2.45) is 5.92 Å². The number of nitrogens with zero attached hydrogens (tertiary/aromatic N) is 2. The molecule has 0 radical (unpaired) electrons. The van der Waals surface area contributed by atoms with E-state index in [9.17, 15) is 5.26 Å². The molecule has 1 fully saturated rings. The van der Waals surface area contributed by atoms with Crippen molar-refractivity contribution in [2.75, 3.05) is 19.6 Å². The van der Waals surface area contributed by atoms with Gasteiger partial charge in [-0.15, -0.1) is 0 Å². The van der Waals surface area contributed by atoms with Crippen LogP contribution in [0.3, 0.4) is 0 Å². The van der Waals surface area contributed by atoms with Crippen molar-refractivity contribution in [1.29, 1.82) is 5.26 Å². The van der Waals surface area contributed by atoms with Gasteiger partial charge in [0, 0.05) is 19.1 Å². The fourth-order valence-electron chi connectivity index (χ4n) is 2.67. The van der Waals surface area contributed by atoms with Crippen molar-refractivity contribution in [3.63, 3.8) is 0 Å². The van der Waals surface area contributed by atoms with E-state index in [2.05, 4.69) is 37.1 Å². The van der Waals surface area contributed by atoms with Crippen LogP contribution in [0, 0.1) is 17.2 Å². The monoisotopic (exact) mass is 237 g/mol. The van der Waals surface area contributed by atoms with Gasteiger partial charge >= 0.3 is 0 Å². The summed E-state index contributed by atoms with van der Waals surface area (Å²) in [5.41, 5.74) is -0.380. The van der Waals surface area contributed by atoms with Crippen LogP contribution in [-0.4, -0.2) is 36.1 Å². The molecule has 17 heavy (non-hydrogen) atoms. The Bertz CT molecular complexity index is 269. The molecule has 1 heterocycles. The van der Waals surface area contributed by atoms with Crippen LogP contribution in [0.1, 0.15) is 47.0 Å². The standard InChI is InChI=1S/C14H27N3/c1-12(2)16-14(4,11-15)7-9-17-8-5-6-13(3)10-17/h12-13,16H,5-10H2,1-4H3. The van der Waals surface area contributed by atoms with Crippen molar-refractivity contribution in [1.82, 2.24) is 10.2 Å². The quantitative estimate of drug-likeness (QED) is 0.798. The maximum absolute atomic E-state index is 9.28. The van der Waals surface area contributed by atoms with E-state index >= 15 is 0 Å². The van der Waals surface area contributed by atoms with E-state index in [-0.39, 0.29) is 5.54 Å². The smallest absolute Gasteiger partial charge is 0.105 e. The minimum atomic E-state index is -0.380. The van der Waals surface area contributed by atoms with E-state index in [4.69, 9.17) is 0 Å². The summed E-state index contributed by atoms with van der Waals surface area (Å²) in [4.78, 5) is 2.51. The van der Waals surface area contributed by atoms with Crippen LogP contribution in [0.15, 0.2) is 0 Å². The van der Waals surface area contributed by atoms with Gasteiger partial charge in [0.05, 0.1) is 6.07 Å². The second-order valence-electron chi connectivity index (χ2n) is 6.04. The second kappa shape index (κ2) is 6.37. The predicted octanol–water partition coefficient (Wildman–Crippen LogP) is 2.39. The maximum atomic E-state index is 9.28. The number of rotatable bonds is 5. The van der Waals surface area contributed by atoms with Crippen LogP contribution >= 0.6 is 0 Å². The van der Waals surface area contributed by atoms with Crippen molar-refractivity contribution in [3.8, 4) is 6.07 Å². The Balaban J connectivity index is 2.39. The summed E-state index contributed by atoms with van der Waals surface area (Å²) in [6.45, 7) is 12.0. The highest BCUT2D eigenvalue weighted by Crippen LogP contribution is 2.18. The Morgan fingerprint density at radius 2 is 2.24 bits per heavy atom. The van der Waals surface area contributed by atoms with Gasteiger partial charge in [-0.25, -0.2) is 0 Å². The Morgan fingerprint density at radius 1 is 1.53 bits per heavy atom. The lowest BCUT2D eigenvalue weighted by Crippen LogP contribution is -2.48. The van der Waals surface area contributed by atoms with E-state index in [1.165, 1.54) is 25.9 Å².